The van der Waals surface area contributed by atoms with Gasteiger partial charge in [0.1, 0.15) is 5.58 Å². The van der Waals surface area contributed by atoms with Gasteiger partial charge in [-0.3, -0.25) is 0 Å². The first-order chi connectivity index (χ1) is 11.8. The zero-order chi connectivity index (χ0) is 18.0. The minimum atomic E-state index is -4.66. The summed E-state index contributed by atoms with van der Waals surface area (Å²) in [6.07, 6.45) is -2.63. The summed E-state index contributed by atoms with van der Waals surface area (Å²) in [5.74, 6) is 0. The zero-order valence-electron chi connectivity index (χ0n) is 13.0. The first kappa shape index (κ1) is 17.7. The molecule has 2 aromatic rings. The van der Waals surface area contributed by atoms with Crippen molar-refractivity contribution in [2.45, 2.75) is 25.1 Å². The monoisotopic (exact) mass is 372 g/mol. The average Bonchev–Trinajstić information content (AvgIpc) is 3.05. The van der Waals surface area contributed by atoms with E-state index in [2.05, 4.69) is 10.6 Å². The number of anilines is 1. The van der Waals surface area contributed by atoms with Crippen molar-refractivity contribution < 1.29 is 22.3 Å². The number of hydrogen-bond acceptors (Lipinski definition) is 4. The van der Waals surface area contributed by atoms with Crippen LogP contribution in [0.5, 0.6) is 0 Å². The molecular weight excluding hydrogens is 357 g/mol. The normalized spacial score (nSPS) is 17.6. The zero-order valence-corrected chi connectivity index (χ0v) is 13.8. The largest absolute Gasteiger partial charge is 0.423 e. The summed E-state index contributed by atoms with van der Waals surface area (Å²) in [4.78, 5) is 11.3. The topological polar surface area (TPSA) is 63.5 Å². The van der Waals surface area contributed by atoms with Crippen LogP contribution in [0, 0.1) is 0 Å². The molecule has 0 bridgehead atoms. The lowest BCUT2D eigenvalue weighted by Crippen LogP contribution is -2.34. The van der Waals surface area contributed by atoms with Crippen molar-refractivity contribution in [1.82, 2.24) is 5.32 Å². The number of fused-ring (bicyclic) bond motifs is 1. The van der Waals surface area contributed by atoms with Crippen LogP contribution in [0.4, 0.5) is 18.9 Å². The van der Waals surface area contributed by atoms with Crippen LogP contribution in [0.15, 0.2) is 33.5 Å². The number of ether oxygens (including phenoxy) is 1. The second kappa shape index (κ2) is 7.01. The van der Waals surface area contributed by atoms with Gasteiger partial charge in [0, 0.05) is 30.3 Å². The van der Waals surface area contributed by atoms with E-state index in [0.29, 0.717) is 18.3 Å². The van der Waals surface area contributed by atoms with Crippen molar-refractivity contribution >= 4 is 34.0 Å². The van der Waals surface area contributed by atoms with Crippen LogP contribution in [0.2, 0.25) is 0 Å². The first-order valence-corrected chi connectivity index (χ1v) is 8.05. The Kier molecular flexibility index (Phi) is 4.96. The molecule has 2 heterocycles. The number of benzene rings is 1. The maximum Gasteiger partial charge on any atom is 0.417 e. The Bertz CT molecular complexity index is 845. The van der Waals surface area contributed by atoms with Gasteiger partial charge in [0.25, 0.3) is 0 Å². The van der Waals surface area contributed by atoms with Crippen LogP contribution in [-0.2, 0) is 10.9 Å². The minimum absolute atomic E-state index is 0.0856. The van der Waals surface area contributed by atoms with Crippen molar-refractivity contribution in [3.05, 3.63) is 40.2 Å². The highest BCUT2D eigenvalue weighted by Gasteiger charge is 2.33. The van der Waals surface area contributed by atoms with Gasteiger partial charge in [0.05, 0.1) is 11.7 Å². The molecule has 9 heteroatoms. The van der Waals surface area contributed by atoms with E-state index in [1.54, 1.807) is 0 Å². The van der Waals surface area contributed by atoms with E-state index in [1.807, 2.05) is 0 Å². The molecule has 1 fully saturated rings. The quantitative estimate of drug-likeness (QED) is 0.637. The Morgan fingerprint density at radius 3 is 2.80 bits per heavy atom. The molecule has 1 aromatic heterocycles. The van der Waals surface area contributed by atoms with Crippen molar-refractivity contribution in [1.29, 1.82) is 0 Å². The molecule has 0 spiro atoms. The molecule has 0 saturated carbocycles. The lowest BCUT2D eigenvalue weighted by molar-refractivity contribution is -0.136. The maximum absolute atomic E-state index is 13.1. The van der Waals surface area contributed by atoms with E-state index in [0.717, 1.165) is 19.4 Å². The molecule has 0 amide bonds. The second-order valence-corrected chi connectivity index (χ2v) is 6.07. The van der Waals surface area contributed by atoms with E-state index < -0.39 is 17.4 Å². The first-order valence-electron chi connectivity index (χ1n) is 7.64. The summed E-state index contributed by atoms with van der Waals surface area (Å²) in [5, 5.41) is 5.87. The van der Waals surface area contributed by atoms with Gasteiger partial charge in [-0.15, -0.1) is 0 Å². The van der Waals surface area contributed by atoms with E-state index in [9.17, 15) is 18.0 Å². The molecule has 2 N–H and O–H groups in total. The fourth-order valence-electron chi connectivity index (χ4n) is 2.66. The Morgan fingerprint density at radius 2 is 2.12 bits per heavy atom. The van der Waals surface area contributed by atoms with Crippen molar-refractivity contribution in [2.75, 3.05) is 18.5 Å². The van der Waals surface area contributed by atoms with Crippen molar-refractivity contribution in [3.8, 4) is 0 Å². The highest BCUT2D eigenvalue weighted by atomic mass is 32.1. The summed E-state index contributed by atoms with van der Waals surface area (Å²) in [7, 11) is 0. The molecular formula is C16H15F3N2O3S. The molecule has 25 heavy (non-hydrogen) atoms. The van der Waals surface area contributed by atoms with Crippen LogP contribution in [0.1, 0.15) is 18.4 Å². The van der Waals surface area contributed by atoms with E-state index in [1.165, 1.54) is 18.2 Å². The number of nitrogens with one attached hydrogen (secondary N) is 2. The Hall–Kier alpha value is -2.13. The summed E-state index contributed by atoms with van der Waals surface area (Å²) in [6.45, 7) is 1.25. The van der Waals surface area contributed by atoms with Crippen LogP contribution in [0.25, 0.3) is 11.0 Å². The number of halogens is 3. The van der Waals surface area contributed by atoms with Crippen molar-refractivity contribution in [2.24, 2.45) is 0 Å². The number of alkyl halides is 3. The van der Waals surface area contributed by atoms with E-state index in [4.69, 9.17) is 21.4 Å². The molecule has 1 atom stereocenters. The van der Waals surface area contributed by atoms with Gasteiger partial charge >= 0.3 is 11.8 Å². The molecule has 1 unspecified atom stereocenters. The number of thiocarbonyl (C=S) groups is 1. The van der Waals surface area contributed by atoms with Crippen LogP contribution < -0.4 is 16.3 Å². The maximum atomic E-state index is 13.1. The second-order valence-electron chi connectivity index (χ2n) is 5.66. The molecule has 134 valence electrons. The lowest BCUT2D eigenvalue weighted by atomic mass is 10.1. The fourth-order valence-corrected chi connectivity index (χ4v) is 2.86. The standard InChI is InChI=1S/C16H15F3N2O3S/c17-16(18,19)12-7-14(22)24-13-4-3-9(6-11(12)13)21-15(25)20-8-10-2-1-5-23-10/h3-4,6-7,10H,1-2,5,8H2,(H2,20,21,25). The Balaban J connectivity index is 1.79. The van der Waals surface area contributed by atoms with Gasteiger partial charge in [0.2, 0.25) is 0 Å². The smallest absolute Gasteiger partial charge is 0.417 e. The number of rotatable bonds is 3. The molecule has 1 saturated heterocycles. The van der Waals surface area contributed by atoms with Crippen LogP contribution >= 0.6 is 12.2 Å². The van der Waals surface area contributed by atoms with Gasteiger partial charge in [0.15, 0.2) is 5.11 Å². The fraction of sp³-hybridized carbons (Fsp3) is 0.375. The molecule has 1 aromatic carbocycles. The highest BCUT2D eigenvalue weighted by Crippen LogP contribution is 2.34. The van der Waals surface area contributed by atoms with Gasteiger partial charge in [-0.25, -0.2) is 4.79 Å². The predicted octanol–water partition coefficient (Wildman–Crippen LogP) is 3.28. The van der Waals surface area contributed by atoms with Gasteiger partial charge in [-0.1, -0.05) is 0 Å². The third-order valence-corrected chi connectivity index (χ3v) is 4.07. The third-order valence-electron chi connectivity index (χ3n) is 3.82. The number of hydrogen-bond donors (Lipinski definition) is 2. The summed E-state index contributed by atoms with van der Waals surface area (Å²) >= 11 is 5.15. The molecule has 0 aliphatic carbocycles. The molecule has 1 aliphatic rings. The SMILES string of the molecule is O=c1cc(C(F)(F)F)c2cc(NC(=S)NCC3CCCO3)ccc2o1. The predicted molar refractivity (Wildman–Crippen MR) is 90.7 cm³/mol. The van der Waals surface area contributed by atoms with E-state index >= 15 is 0 Å². The molecule has 1 aliphatic heterocycles. The summed E-state index contributed by atoms with van der Waals surface area (Å²) in [5.41, 5.74) is -1.87. The summed E-state index contributed by atoms with van der Waals surface area (Å²) in [6, 6.07) is 4.49. The van der Waals surface area contributed by atoms with Gasteiger partial charge in [-0.05, 0) is 43.3 Å². The lowest BCUT2D eigenvalue weighted by Gasteiger charge is -2.15. The minimum Gasteiger partial charge on any atom is -0.423 e. The van der Waals surface area contributed by atoms with Crippen LogP contribution in [-0.4, -0.2) is 24.4 Å². The molecule has 5 nitrogen and oxygen atoms in total. The third kappa shape index (κ3) is 4.29. The molecule has 3 rings (SSSR count). The molecule has 0 radical (unpaired) electrons. The van der Waals surface area contributed by atoms with Gasteiger partial charge < -0.3 is 19.8 Å². The Morgan fingerprint density at radius 1 is 1.32 bits per heavy atom. The van der Waals surface area contributed by atoms with Gasteiger partial charge in [-0.2, -0.15) is 13.2 Å². The highest BCUT2D eigenvalue weighted by molar-refractivity contribution is 7.80. The average molecular weight is 372 g/mol. The summed E-state index contributed by atoms with van der Waals surface area (Å²) < 4.78 is 49.7. The van der Waals surface area contributed by atoms with Crippen molar-refractivity contribution in [3.63, 3.8) is 0 Å². The van der Waals surface area contributed by atoms with Crippen LogP contribution in [0.3, 0.4) is 0 Å². The Labute approximate surface area is 146 Å². The van der Waals surface area contributed by atoms with E-state index in [-0.39, 0.29) is 22.2 Å².